The van der Waals surface area contributed by atoms with Gasteiger partial charge in [-0.25, -0.2) is 4.39 Å². The summed E-state index contributed by atoms with van der Waals surface area (Å²) in [5.41, 5.74) is 0.932. The molecule has 1 atom stereocenters. The van der Waals surface area contributed by atoms with Crippen LogP contribution in [-0.4, -0.2) is 13.2 Å². The van der Waals surface area contributed by atoms with Crippen LogP contribution in [0.15, 0.2) is 18.2 Å². The molecule has 0 saturated carbocycles. The highest BCUT2D eigenvalue weighted by Gasteiger charge is 2.23. The summed E-state index contributed by atoms with van der Waals surface area (Å²) in [5.74, 6) is 0.597. The first-order valence-corrected chi connectivity index (χ1v) is 4.47. The summed E-state index contributed by atoms with van der Waals surface area (Å²) < 4.78 is 18.3. The molecule has 0 spiro atoms. The van der Waals surface area contributed by atoms with E-state index in [2.05, 4.69) is 5.32 Å². The quantitative estimate of drug-likeness (QED) is 0.752. The second kappa shape index (κ2) is 3.34. The van der Waals surface area contributed by atoms with E-state index in [9.17, 15) is 4.39 Å². The highest BCUT2D eigenvalue weighted by Crippen LogP contribution is 2.32. The molecule has 0 radical (unpaired) electrons. The van der Waals surface area contributed by atoms with Gasteiger partial charge in [0.05, 0.1) is 6.04 Å². The summed E-state index contributed by atoms with van der Waals surface area (Å²) in [4.78, 5) is 0. The normalized spacial score (nSPS) is 19.7. The Labute approximate surface area is 76.7 Å². The standard InChI is InChI=1S/C10H12FNO/c1-2-12-9-6-13-10-4-3-7(11)5-8(9)10/h3-5,9,12H,2,6H2,1H3. The van der Waals surface area contributed by atoms with Gasteiger partial charge in [-0.3, -0.25) is 0 Å². The molecule has 0 aromatic heterocycles. The number of halogens is 1. The largest absolute Gasteiger partial charge is 0.491 e. The summed E-state index contributed by atoms with van der Waals surface area (Å²) in [6.07, 6.45) is 0. The lowest BCUT2D eigenvalue weighted by molar-refractivity contribution is 0.313. The highest BCUT2D eigenvalue weighted by molar-refractivity contribution is 5.39. The third-order valence-corrected chi connectivity index (χ3v) is 2.20. The fourth-order valence-corrected chi connectivity index (χ4v) is 1.60. The van der Waals surface area contributed by atoms with Crippen molar-refractivity contribution in [3.8, 4) is 5.75 Å². The highest BCUT2D eigenvalue weighted by atomic mass is 19.1. The minimum atomic E-state index is -0.202. The minimum absolute atomic E-state index is 0.149. The van der Waals surface area contributed by atoms with Crippen LogP contribution in [0.4, 0.5) is 4.39 Å². The molecule has 13 heavy (non-hydrogen) atoms. The summed E-state index contributed by atoms with van der Waals surface area (Å²) in [7, 11) is 0. The van der Waals surface area contributed by atoms with E-state index in [1.54, 1.807) is 6.07 Å². The van der Waals surface area contributed by atoms with E-state index in [0.717, 1.165) is 17.9 Å². The number of likely N-dealkylation sites (N-methyl/N-ethyl adjacent to an activating group) is 1. The van der Waals surface area contributed by atoms with E-state index in [0.29, 0.717) is 6.61 Å². The van der Waals surface area contributed by atoms with Gasteiger partial charge >= 0.3 is 0 Å². The topological polar surface area (TPSA) is 21.3 Å². The van der Waals surface area contributed by atoms with Crippen molar-refractivity contribution in [1.29, 1.82) is 0 Å². The summed E-state index contributed by atoms with van der Waals surface area (Å²) in [5, 5.41) is 3.24. The number of fused-ring (bicyclic) bond motifs is 1. The van der Waals surface area contributed by atoms with Crippen molar-refractivity contribution >= 4 is 0 Å². The van der Waals surface area contributed by atoms with E-state index < -0.39 is 0 Å². The molecule has 1 N–H and O–H groups in total. The minimum Gasteiger partial charge on any atom is -0.491 e. The van der Waals surface area contributed by atoms with E-state index >= 15 is 0 Å². The third kappa shape index (κ3) is 1.52. The van der Waals surface area contributed by atoms with Crippen molar-refractivity contribution in [1.82, 2.24) is 5.32 Å². The van der Waals surface area contributed by atoms with Gasteiger partial charge in [-0.05, 0) is 24.7 Å². The number of nitrogens with one attached hydrogen (secondary N) is 1. The van der Waals surface area contributed by atoms with Crippen LogP contribution in [0, 0.1) is 5.82 Å². The molecular formula is C10H12FNO. The Bertz CT molecular complexity index is 312. The molecule has 2 nitrogen and oxygen atoms in total. The maximum atomic E-state index is 12.9. The van der Waals surface area contributed by atoms with Gasteiger partial charge in [0.15, 0.2) is 0 Å². The number of hydrogen-bond donors (Lipinski definition) is 1. The van der Waals surface area contributed by atoms with Gasteiger partial charge in [0.2, 0.25) is 0 Å². The van der Waals surface area contributed by atoms with E-state index in [-0.39, 0.29) is 11.9 Å². The first-order valence-electron chi connectivity index (χ1n) is 4.47. The molecule has 1 unspecified atom stereocenters. The van der Waals surface area contributed by atoms with Gasteiger partial charge in [0, 0.05) is 5.56 Å². The smallest absolute Gasteiger partial charge is 0.124 e. The van der Waals surface area contributed by atoms with Crippen molar-refractivity contribution in [3.05, 3.63) is 29.6 Å². The van der Waals surface area contributed by atoms with Gasteiger partial charge in [0.1, 0.15) is 18.2 Å². The molecule has 1 aliphatic heterocycles. The number of benzene rings is 1. The first kappa shape index (κ1) is 8.51. The molecule has 3 heteroatoms. The Balaban J connectivity index is 2.29. The van der Waals surface area contributed by atoms with Crippen LogP contribution in [-0.2, 0) is 0 Å². The molecular weight excluding hydrogens is 169 g/mol. The Morgan fingerprint density at radius 2 is 2.46 bits per heavy atom. The predicted molar refractivity (Wildman–Crippen MR) is 48.3 cm³/mol. The van der Waals surface area contributed by atoms with Crippen molar-refractivity contribution in [2.45, 2.75) is 13.0 Å². The fraction of sp³-hybridized carbons (Fsp3) is 0.400. The predicted octanol–water partition coefficient (Wildman–Crippen LogP) is 1.87. The molecule has 1 aliphatic rings. The second-order valence-corrected chi connectivity index (χ2v) is 3.10. The average molecular weight is 181 g/mol. The summed E-state index contributed by atoms with van der Waals surface area (Å²) >= 11 is 0. The average Bonchev–Trinajstić information content (AvgIpc) is 2.49. The zero-order chi connectivity index (χ0) is 9.26. The third-order valence-electron chi connectivity index (χ3n) is 2.20. The van der Waals surface area contributed by atoms with Crippen LogP contribution in [0.1, 0.15) is 18.5 Å². The van der Waals surface area contributed by atoms with Crippen LogP contribution < -0.4 is 10.1 Å². The molecule has 0 saturated heterocycles. The zero-order valence-electron chi connectivity index (χ0n) is 7.51. The molecule has 0 bridgehead atoms. The Morgan fingerprint density at radius 3 is 3.23 bits per heavy atom. The molecule has 1 aromatic rings. The zero-order valence-corrected chi connectivity index (χ0v) is 7.51. The Kier molecular flexibility index (Phi) is 2.19. The second-order valence-electron chi connectivity index (χ2n) is 3.10. The maximum Gasteiger partial charge on any atom is 0.124 e. The van der Waals surface area contributed by atoms with Gasteiger partial charge in [-0.1, -0.05) is 6.92 Å². The fourth-order valence-electron chi connectivity index (χ4n) is 1.60. The molecule has 70 valence electrons. The van der Waals surface area contributed by atoms with Crippen molar-refractivity contribution in [3.63, 3.8) is 0 Å². The SMILES string of the molecule is CCNC1COc2ccc(F)cc21. The van der Waals surface area contributed by atoms with Crippen LogP contribution in [0.5, 0.6) is 5.75 Å². The summed E-state index contributed by atoms with van der Waals surface area (Å²) in [6, 6.07) is 4.79. The van der Waals surface area contributed by atoms with Crippen LogP contribution in [0.3, 0.4) is 0 Å². The number of hydrogen-bond acceptors (Lipinski definition) is 2. The lowest BCUT2D eigenvalue weighted by atomic mass is 10.1. The molecule has 1 heterocycles. The molecule has 0 amide bonds. The van der Waals surface area contributed by atoms with Crippen LogP contribution in [0.25, 0.3) is 0 Å². The van der Waals surface area contributed by atoms with E-state index in [4.69, 9.17) is 4.74 Å². The van der Waals surface area contributed by atoms with E-state index in [1.165, 1.54) is 12.1 Å². The van der Waals surface area contributed by atoms with Gasteiger partial charge < -0.3 is 10.1 Å². The van der Waals surface area contributed by atoms with Crippen LogP contribution in [0.2, 0.25) is 0 Å². The molecule has 0 fully saturated rings. The Hall–Kier alpha value is -1.09. The summed E-state index contributed by atoms with van der Waals surface area (Å²) in [6.45, 7) is 3.49. The lowest BCUT2D eigenvalue weighted by Crippen LogP contribution is -2.21. The van der Waals surface area contributed by atoms with Crippen molar-refractivity contribution < 1.29 is 9.13 Å². The Morgan fingerprint density at radius 1 is 1.62 bits per heavy atom. The van der Waals surface area contributed by atoms with Gasteiger partial charge in [-0.15, -0.1) is 0 Å². The van der Waals surface area contributed by atoms with Gasteiger partial charge in [-0.2, -0.15) is 0 Å². The molecule has 1 aromatic carbocycles. The molecule has 2 rings (SSSR count). The van der Waals surface area contributed by atoms with Gasteiger partial charge in [0.25, 0.3) is 0 Å². The first-order chi connectivity index (χ1) is 6.31. The maximum absolute atomic E-state index is 12.9. The van der Waals surface area contributed by atoms with Crippen molar-refractivity contribution in [2.75, 3.05) is 13.2 Å². The monoisotopic (exact) mass is 181 g/mol. The number of rotatable bonds is 2. The molecule has 0 aliphatic carbocycles. The van der Waals surface area contributed by atoms with Crippen LogP contribution >= 0.6 is 0 Å². The van der Waals surface area contributed by atoms with Crippen molar-refractivity contribution in [2.24, 2.45) is 0 Å². The lowest BCUT2D eigenvalue weighted by Gasteiger charge is -2.08. The number of ether oxygens (including phenoxy) is 1. The van der Waals surface area contributed by atoms with E-state index in [1.807, 2.05) is 6.92 Å².